The fourth-order valence-electron chi connectivity index (χ4n) is 1.67. The minimum Gasteiger partial charge on any atom is -0.475 e. The lowest BCUT2D eigenvalue weighted by Crippen LogP contribution is -1.91. The third-order valence-corrected chi connectivity index (χ3v) is 3.33. The van der Waals surface area contributed by atoms with Gasteiger partial charge in [0.2, 0.25) is 5.76 Å². The molecule has 1 N–H and O–H groups in total. The van der Waals surface area contributed by atoms with Gasteiger partial charge in [-0.2, -0.15) is 0 Å². The fraction of sp³-hybridized carbons (Fsp3) is 0.231. The summed E-state index contributed by atoms with van der Waals surface area (Å²) in [6.07, 6.45) is 0. The number of hydrogen-bond donors (Lipinski definition) is 1. The maximum absolute atomic E-state index is 10.7. The highest BCUT2D eigenvalue weighted by Gasteiger charge is 2.13. The van der Waals surface area contributed by atoms with Crippen molar-refractivity contribution in [2.45, 2.75) is 19.8 Å². The molecule has 0 aliphatic heterocycles. The molecule has 0 spiro atoms. The van der Waals surface area contributed by atoms with Gasteiger partial charge in [0.15, 0.2) is 0 Å². The molecule has 4 nitrogen and oxygen atoms in total. The van der Waals surface area contributed by atoms with Gasteiger partial charge in [-0.05, 0) is 17.5 Å². The number of benzene rings is 1. The first-order chi connectivity index (χ1) is 8.49. The Bertz CT molecular complexity index is 590. The monoisotopic (exact) mass is 309 g/mol. The van der Waals surface area contributed by atoms with Crippen molar-refractivity contribution in [3.63, 3.8) is 0 Å². The third kappa shape index (κ3) is 2.46. The van der Waals surface area contributed by atoms with Crippen LogP contribution >= 0.6 is 15.9 Å². The molecule has 0 atom stereocenters. The Kier molecular flexibility index (Phi) is 3.52. The van der Waals surface area contributed by atoms with E-state index in [2.05, 4.69) is 34.9 Å². The summed E-state index contributed by atoms with van der Waals surface area (Å²) in [6.45, 7) is 4.22. The Morgan fingerprint density at radius 2 is 2.11 bits per heavy atom. The number of carboxylic acids is 1. The third-order valence-electron chi connectivity index (χ3n) is 2.64. The van der Waals surface area contributed by atoms with Gasteiger partial charge in [-0.15, -0.1) is 0 Å². The van der Waals surface area contributed by atoms with E-state index in [1.807, 2.05) is 18.2 Å². The highest BCUT2D eigenvalue weighted by Crippen LogP contribution is 2.29. The predicted molar refractivity (Wildman–Crippen MR) is 70.7 cm³/mol. The van der Waals surface area contributed by atoms with Crippen LogP contribution in [-0.2, 0) is 0 Å². The molecule has 5 heteroatoms. The van der Waals surface area contributed by atoms with E-state index in [0.29, 0.717) is 11.6 Å². The minimum absolute atomic E-state index is 0.158. The Labute approximate surface area is 113 Å². The number of nitrogens with zero attached hydrogens (tertiary/aromatic N) is 1. The van der Waals surface area contributed by atoms with E-state index < -0.39 is 5.97 Å². The second-order valence-corrected chi connectivity index (χ2v) is 5.13. The van der Waals surface area contributed by atoms with Gasteiger partial charge >= 0.3 is 5.97 Å². The standard InChI is InChI=1S/C13H12BrNO3/c1-7(2)9-4-3-8(5-10(9)14)11-6-12(13(16)17)18-15-11/h3-7H,1-2H3,(H,16,17). The van der Waals surface area contributed by atoms with Crippen molar-refractivity contribution in [1.82, 2.24) is 5.16 Å². The van der Waals surface area contributed by atoms with E-state index in [9.17, 15) is 4.79 Å². The molecule has 1 aromatic carbocycles. The van der Waals surface area contributed by atoms with Crippen LogP contribution in [0, 0.1) is 0 Å². The molecule has 0 fully saturated rings. The van der Waals surface area contributed by atoms with Gasteiger partial charge in [0.25, 0.3) is 0 Å². The normalized spacial score (nSPS) is 10.9. The number of carbonyl (C=O) groups is 1. The zero-order valence-corrected chi connectivity index (χ0v) is 11.6. The summed E-state index contributed by atoms with van der Waals surface area (Å²) in [5.41, 5.74) is 2.53. The quantitative estimate of drug-likeness (QED) is 0.933. The van der Waals surface area contributed by atoms with E-state index in [1.165, 1.54) is 11.6 Å². The number of rotatable bonds is 3. The summed E-state index contributed by atoms with van der Waals surface area (Å²) in [5, 5.41) is 12.5. The zero-order chi connectivity index (χ0) is 13.3. The summed E-state index contributed by atoms with van der Waals surface area (Å²) in [6, 6.07) is 7.24. The minimum atomic E-state index is -1.12. The van der Waals surface area contributed by atoms with Crippen molar-refractivity contribution in [1.29, 1.82) is 0 Å². The molecule has 1 heterocycles. The zero-order valence-electron chi connectivity index (χ0n) is 9.98. The molecule has 0 bridgehead atoms. The van der Waals surface area contributed by atoms with Crippen LogP contribution < -0.4 is 0 Å². The van der Waals surface area contributed by atoms with Crippen LogP contribution in [0.5, 0.6) is 0 Å². The van der Waals surface area contributed by atoms with Crippen molar-refractivity contribution in [2.75, 3.05) is 0 Å². The highest BCUT2D eigenvalue weighted by atomic mass is 79.9. The SMILES string of the molecule is CC(C)c1ccc(-c2cc(C(=O)O)on2)cc1Br. The van der Waals surface area contributed by atoms with Gasteiger partial charge < -0.3 is 9.63 Å². The molecule has 2 rings (SSSR count). The summed E-state index contributed by atoms with van der Waals surface area (Å²) in [4.78, 5) is 10.7. The van der Waals surface area contributed by atoms with Crippen LogP contribution in [0.2, 0.25) is 0 Å². The molecular weight excluding hydrogens is 298 g/mol. The van der Waals surface area contributed by atoms with Crippen LogP contribution in [0.4, 0.5) is 0 Å². The Morgan fingerprint density at radius 1 is 1.39 bits per heavy atom. The summed E-state index contributed by atoms with van der Waals surface area (Å²) in [5.74, 6) is -0.860. The molecule has 2 aromatic rings. The summed E-state index contributed by atoms with van der Waals surface area (Å²) < 4.78 is 5.71. The smallest absolute Gasteiger partial charge is 0.374 e. The van der Waals surface area contributed by atoms with Crippen LogP contribution in [0.1, 0.15) is 35.9 Å². The molecule has 18 heavy (non-hydrogen) atoms. The van der Waals surface area contributed by atoms with Crippen molar-refractivity contribution in [2.24, 2.45) is 0 Å². The van der Waals surface area contributed by atoms with Crippen molar-refractivity contribution in [3.05, 3.63) is 40.1 Å². The fourth-order valence-corrected chi connectivity index (χ4v) is 2.50. The van der Waals surface area contributed by atoms with Crippen molar-refractivity contribution < 1.29 is 14.4 Å². The molecule has 0 saturated heterocycles. The van der Waals surface area contributed by atoms with Crippen molar-refractivity contribution >= 4 is 21.9 Å². The van der Waals surface area contributed by atoms with E-state index >= 15 is 0 Å². The van der Waals surface area contributed by atoms with Crippen LogP contribution in [0.15, 0.2) is 33.3 Å². The maximum Gasteiger partial charge on any atom is 0.374 e. The first-order valence-corrected chi connectivity index (χ1v) is 6.28. The average Bonchev–Trinajstić information content (AvgIpc) is 2.77. The second-order valence-electron chi connectivity index (χ2n) is 4.27. The number of hydrogen-bond acceptors (Lipinski definition) is 3. The van der Waals surface area contributed by atoms with Crippen molar-refractivity contribution in [3.8, 4) is 11.3 Å². The second kappa shape index (κ2) is 4.94. The van der Waals surface area contributed by atoms with Crippen LogP contribution in [-0.4, -0.2) is 16.2 Å². The van der Waals surface area contributed by atoms with Gasteiger partial charge in [-0.3, -0.25) is 0 Å². The van der Waals surface area contributed by atoms with E-state index in [4.69, 9.17) is 9.63 Å². The van der Waals surface area contributed by atoms with Gasteiger partial charge in [0.1, 0.15) is 5.69 Å². The van der Waals surface area contributed by atoms with Gasteiger partial charge in [0, 0.05) is 16.1 Å². The van der Waals surface area contributed by atoms with Gasteiger partial charge in [-0.1, -0.05) is 47.1 Å². The van der Waals surface area contributed by atoms with Gasteiger partial charge in [-0.25, -0.2) is 4.79 Å². The molecule has 0 aliphatic rings. The highest BCUT2D eigenvalue weighted by molar-refractivity contribution is 9.10. The molecule has 0 amide bonds. The molecule has 1 aromatic heterocycles. The number of halogens is 1. The number of carboxylic acid groups (broad SMARTS) is 1. The largest absolute Gasteiger partial charge is 0.475 e. The van der Waals surface area contributed by atoms with E-state index in [0.717, 1.165) is 10.0 Å². The molecule has 94 valence electrons. The lowest BCUT2D eigenvalue weighted by molar-refractivity contribution is 0.0652. The lowest BCUT2D eigenvalue weighted by Gasteiger charge is -2.08. The van der Waals surface area contributed by atoms with Crippen LogP contribution in [0.25, 0.3) is 11.3 Å². The van der Waals surface area contributed by atoms with Gasteiger partial charge in [0.05, 0.1) is 0 Å². The topological polar surface area (TPSA) is 63.3 Å². The number of aromatic carboxylic acids is 1. The Hall–Kier alpha value is -1.62. The Balaban J connectivity index is 2.39. The molecule has 0 saturated carbocycles. The van der Waals surface area contributed by atoms with E-state index in [1.54, 1.807) is 0 Å². The first kappa shape index (κ1) is 12.8. The summed E-state index contributed by atoms with van der Waals surface area (Å²) >= 11 is 3.51. The maximum atomic E-state index is 10.7. The molecular formula is C13H12BrNO3. The Morgan fingerprint density at radius 3 is 2.61 bits per heavy atom. The first-order valence-electron chi connectivity index (χ1n) is 5.49. The van der Waals surface area contributed by atoms with Crippen LogP contribution in [0.3, 0.4) is 0 Å². The molecule has 0 unspecified atom stereocenters. The molecule has 0 radical (unpaired) electrons. The predicted octanol–water partition coefficient (Wildman–Crippen LogP) is 3.93. The van der Waals surface area contributed by atoms with E-state index in [-0.39, 0.29) is 5.76 Å². The summed E-state index contributed by atoms with van der Waals surface area (Å²) in [7, 11) is 0. The number of aromatic nitrogens is 1. The average molecular weight is 310 g/mol. The molecule has 0 aliphatic carbocycles. The lowest BCUT2D eigenvalue weighted by atomic mass is 10.0.